The van der Waals surface area contributed by atoms with Crippen LogP contribution in [-0.2, 0) is 0 Å². The van der Waals surface area contributed by atoms with E-state index in [0.29, 0.717) is 11.8 Å². The molecule has 2 unspecified atom stereocenters. The molecule has 1 saturated carbocycles. The molecule has 3 rings (SSSR count). The monoisotopic (exact) mass is 277 g/mol. The highest BCUT2D eigenvalue weighted by Crippen LogP contribution is 2.37. The molecule has 0 bridgehead atoms. The van der Waals surface area contributed by atoms with E-state index < -0.39 is 0 Å². The van der Waals surface area contributed by atoms with Gasteiger partial charge in [0, 0.05) is 5.92 Å². The molecule has 0 aromatic carbocycles. The molecule has 2 heterocycles. The van der Waals surface area contributed by atoms with Crippen molar-refractivity contribution in [1.82, 2.24) is 10.1 Å². The largest absolute Gasteiger partial charge is 0.391 e. The fraction of sp³-hybridized carbons (Fsp3) is 0.571. The summed E-state index contributed by atoms with van der Waals surface area (Å²) in [5.41, 5.74) is 6.92. The number of hydrogen-bond acceptors (Lipinski definition) is 5. The molecule has 0 spiro atoms. The molecule has 2 atom stereocenters. The molecule has 4 nitrogen and oxygen atoms in total. The Balaban J connectivity index is 1.85. The summed E-state index contributed by atoms with van der Waals surface area (Å²) in [6.07, 6.45) is 4.93. The van der Waals surface area contributed by atoms with Gasteiger partial charge in [0.25, 0.3) is 5.89 Å². The number of rotatable bonds is 2. The lowest BCUT2D eigenvalue weighted by atomic mass is 9.82. The molecular formula is C14H19N3OS. The van der Waals surface area contributed by atoms with Crippen LogP contribution in [0.25, 0.3) is 10.8 Å². The van der Waals surface area contributed by atoms with Crippen LogP contribution in [0.1, 0.15) is 49.9 Å². The van der Waals surface area contributed by atoms with E-state index in [1.54, 1.807) is 0 Å². The summed E-state index contributed by atoms with van der Waals surface area (Å²) in [5, 5.41) is 4.97. The fourth-order valence-corrected chi connectivity index (χ4v) is 3.74. The SMILES string of the molecule is Cc1cc(N)sc1-c1nc(C2CCCC(C)C2)no1. The molecule has 0 aliphatic heterocycles. The van der Waals surface area contributed by atoms with Gasteiger partial charge in [0.1, 0.15) is 0 Å². The second kappa shape index (κ2) is 4.96. The highest BCUT2D eigenvalue weighted by Gasteiger charge is 2.25. The molecule has 0 radical (unpaired) electrons. The van der Waals surface area contributed by atoms with E-state index in [1.165, 1.54) is 37.0 Å². The van der Waals surface area contributed by atoms with Crippen molar-refractivity contribution >= 4 is 16.3 Å². The highest BCUT2D eigenvalue weighted by molar-refractivity contribution is 7.19. The smallest absolute Gasteiger partial charge is 0.268 e. The van der Waals surface area contributed by atoms with E-state index in [2.05, 4.69) is 17.1 Å². The Morgan fingerprint density at radius 1 is 1.42 bits per heavy atom. The van der Waals surface area contributed by atoms with Gasteiger partial charge in [-0.2, -0.15) is 4.98 Å². The summed E-state index contributed by atoms with van der Waals surface area (Å²) in [6.45, 7) is 4.33. The number of aromatic nitrogens is 2. The first-order valence-electron chi connectivity index (χ1n) is 6.83. The van der Waals surface area contributed by atoms with Gasteiger partial charge in [0.2, 0.25) is 0 Å². The molecule has 0 amide bonds. The molecule has 0 saturated heterocycles. The van der Waals surface area contributed by atoms with Gasteiger partial charge in [-0.25, -0.2) is 0 Å². The quantitative estimate of drug-likeness (QED) is 0.901. The summed E-state index contributed by atoms with van der Waals surface area (Å²) < 4.78 is 5.43. The zero-order chi connectivity index (χ0) is 13.4. The molecule has 19 heavy (non-hydrogen) atoms. The molecule has 1 aliphatic carbocycles. The lowest BCUT2D eigenvalue weighted by molar-refractivity contribution is 0.324. The van der Waals surface area contributed by atoms with E-state index in [0.717, 1.165) is 27.2 Å². The third kappa shape index (κ3) is 2.52. The second-order valence-electron chi connectivity index (χ2n) is 5.59. The number of nitrogen functional groups attached to an aromatic ring is 1. The molecule has 102 valence electrons. The van der Waals surface area contributed by atoms with Gasteiger partial charge < -0.3 is 10.3 Å². The molecule has 2 aromatic heterocycles. The van der Waals surface area contributed by atoms with Crippen LogP contribution in [-0.4, -0.2) is 10.1 Å². The Labute approximate surface area is 117 Å². The average Bonchev–Trinajstić information content (AvgIpc) is 2.96. The Bertz CT molecular complexity index is 575. The summed E-state index contributed by atoms with van der Waals surface area (Å²) in [4.78, 5) is 5.59. The van der Waals surface area contributed by atoms with Crippen LogP contribution in [0.4, 0.5) is 5.00 Å². The molecule has 1 aliphatic rings. The van der Waals surface area contributed by atoms with E-state index >= 15 is 0 Å². The van der Waals surface area contributed by atoms with Crippen LogP contribution < -0.4 is 5.73 Å². The van der Waals surface area contributed by atoms with Crippen molar-refractivity contribution in [3.63, 3.8) is 0 Å². The van der Waals surface area contributed by atoms with Crippen molar-refractivity contribution in [3.8, 4) is 10.8 Å². The molecule has 2 N–H and O–H groups in total. The Morgan fingerprint density at radius 2 is 2.26 bits per heavy atom. The van der Waals surface area contributed by atoms with Gasteiger partial charge in [-0.1, -0.05) is 24.9 Å². The number of aryl methyl sites for hydroxylation is 1. The summed E-state index contributed by atoms with van der Waals surface area (Å²) in [6, 6.07) is 1.95. The second-order valence-corrected chi connectivity index (χ2v) is 6.67. The number of thiophene rings is 1. The standard InChI is InChI=1S/C14H19N3OS/c1-8-4-3-5-10(6-8)13-16-14(18-17-13)12-9(2)7-11(15)19-12/h7-8,10H,3-6,15H2,1-2H3. The predicted octanol–water partition coefficient (Wildman–Crippen LogP) is 3.98. The van der Waals surface area contributed by atoms with Crippen molar-refractivity contribution < 1.29 is 4.52 Å². The van der Waals surface area contributed by atoms with Gasteiger partial charge in [-0.05, 0) is 37.3 Å². The number of nitrogens with zero attached hydrogens (tertiary/aromatic N) is 2. The van der Waals surface area contributed by atoms with Crippen molar-refractivity contribution in [2.75, 3.05) is 5.73 Å². The van der Waals surface area contributed by atoms with Crippen LogP contribution in [0.15, 0.2) is 10.6 Å². The van der Waals surface area contributed by atoms with E-state index in [-0.39, 0.29) is 0 Å². The number of anilines is 1. The van der Waals surface area contributed by atoms with Crippen molar-refractivity contribution in [2.24, 2.45) is 5.92 Å². The highest BCUT2D eigenvalue weighted by atomic mass is 32.1. The first-order valence-corrected chi connectivity index (χ1v) is 7.65. The van der Waals surface area contributed by atoms with Gasteiger partial charge in [0.05, 0.1) is 9.88 Å². The molecular weight excluding hydrogens is 258 g/mol. The van der Waals surface area contributed by atoms with Crippen LogP contribution >= 0.6 is 11.3 Å². The Morgan fingerprint density at radius 3 is 2.95 bits per heavy atom. The first-order chi connectivity index (χ1) is 9.13. The lowest BCUT2D eigenvalue weighted by Gasteiger charge is -2.23. The average molecular weight is 277 g/mol. The molecule has 5 heteroatoms. The van der Waals surface area contributed by atoms with Gasteiger partial charge >= 0.3 is 0 Å². The normalized spacial score (nSPS) is 23.7. The van der Waals surface area contributed by atoms with E-state index in [1.807, 2.05) is 13.0 Å². The summed E-state index contributed by atoms with van der Waals surface area (Å²) in [5.74, 6) is 2.71. The Hall–Kier alpha value is -1.36. The van der Waals surface area contributed by atoms with Crippen molar-refractivity contribution in [1.29, 1.82) is 0 Å². The van der Waals surface area contributed by atoms with Crippen LogP contribution in [0, 0.1) is 12.8 Å². The zero-order valence-electron chi connectivity index (χ0n) is 11.3. The third-order valence-corrected chi connectivity index (χ3v) is 4.93. The van der Waals surface area contributed by atoms with Gasteiger partial charge in [0.15, 0.2) is 5.82 Å². The number of hydrogen-bond donors (Lipinski definition) is 1. The van der Waals surface area contributed by atoms with Crippen LogP contribution in [0.2, 0.25) is 0 Å². The van der Waals surface area contributed by atoms with Gasteiger partial charge in [-0.15, -0.1) is 11.3 Å². The molecule has 1 fully saturated rings. The first kappa shape index (κ1) is 12.7. The maximum absolute atomic E-state index is 5.81. The van der Waals surface area contributed by atoms with Crippen molar-refractivity contribution in [2.45, 2.75) is 45.4 Å². The maximum Gasteiger partial charge on any atom is 0.268 e. The van der Waals surface area contributed by atoms with E-state index in [4.69, 9.17) is 10.3 Å². The summed E-state index contributed by atoms with van der Waals surface area (Å²) in [7, 11) is 0. The van der Waals surface area contributed by atoms with E-state index in [9.17, 15) is 0 Å². The Kier molecular flexibility index (Phi) is 3.31. The fourth-order valence-electron chi connectivity index (χ4n) is 2.88. The minimum absolute atomic E-state index is 0.457. The minimum atomic E-state index is 0.457. The number of nitrogens with two attached hydrogens (primary N) is 1. The zero-order valence-corrected chi connectivity index (χ0v) is 12.2. The van der Waals surface area contributed by atoms with Gasteiger partial charge in [-0.3, -0.25) is 0 Å². The summed E-state index contributed by atoms with van der Waals surface area (Å²) >= 11 is 1.51. The van der Waals surface area contributed by atoms with Crippen molar-refractivity contribution in [3.05, 3.63) is 17.5 Å². The van der Waals surface area contributed by atoms with Crippen LogP contribution in [0.5, 0.6) is 0 Å². The molecule has 2 aromatic rings. The van der Waals surface area contributed by atoms with Crippen LogP contribution in [0.3, 0.4) is 0 Å². The third-order valence-electron chi connectivity index (χ3n) is 3.87. The topological polar surface area (TPSA) is 64.9 Å². The maximum atomic E-state index is 5.81. The predicted molar refractivity (Wildman–Crippen MR) is 77.1 cm³/mol. The lowest BCUT2D eigenvalue weighted by Crippen LogP contribution is -2.12. The minimum Gasteiger partial charge on any atom is -0.391 e.